The largest absolute Gasteiger partial charge is 0.493 e. The summed E-state index contributed by atoms with van der Waals surface area (Å²) >= 11 is 0. The van der Waals surface area contributed by atoms with E-state index in [1.54, 1.807) is 14.2 Å². The monoisotopic (exact) mass is 334 g/mol. The van der Waals surface area contributed by atoms with Gasteiger partial charge < -0.3 is 9.47 Å². The van der Waals surface area contributed by atoms with Gasteiger partial charge in [-0.1, -0.05) is 39.0 Å². The number of methoxy groups -OCH3 is 2. The van der Waals surface area contributed by atoms with E-state index >= 15 is 0 Å². The maximum Gasteiger partial charge on any atom is 0.240 e. The van der Waals surface area contributed by atoms with Crippen molar-refractivity contribution in [1.82, 2.24) is 5.43 Å². The molecule has 5 nitrogen and oxygen atoms in total. The van der Waals surface area contributed by atoms with Crippen molar-refractivity contribution in [2.45, 2.75) is 58.8 Å². The molecule has 0 heterocycles. The highest BCUT2D eigenvalue weighted by atomic mass is 16.5. The Hall–Kier alpha value is -2.04. The van der Waals surface area contributed by atoms with E-state index in [1.165, 1.54) is 25.7 Å². The number of hydrogen-bond donors (Lipinski definition) is 1. The molecule has 1 amide bonds. The minimum atomic E-state index is -0.0367. The Morgan fingerprint density at radius 3 is 2.38 bits per heavy atom. The summed E-state index contributed by atoms with van der Waals surface area (Å²) in [6.07, 6.45) is 7.52. The molecule has 0 aliphatic carbocycles. The van der Waals surface area contributed by atoms with Gasteiger partial charge in [0.05, 0.1) is 19.9 Å². The van der Waals surface area contributed by atoms with Gasteiger partial charge in [0, 0.05) is 12.0 Å². The van der Waals surface area contributed by atoms with Crippen LogP contribution in [0.1, 0.15) is 64.4 Å². The van der Waals surface area contributed by atoms with Crippen LogP contribution in [0.25, 0.3) is 0 Å². The average molecular weight is 334 g/mol. The van der Waals surface area contributed by atoms with E-state index in [0.29, 0.717) is 17.9 Å². The van der Waals surface area contributed by atoms with Gasteiger partial charge in [0.2, 0.25) is 5.91 Å². The van der Waals surface area contributed by atoms with Gasteiger partial charge in [-0.2, -0.15) is 5.10 Å². The second-order valence-corrected chi connectivity index (χ2v) is 5.82. The van der Waals surface area contributed by atoms with E-state index in [-0.39, 0.29) is 5.91 Å². The summed E-state index contributed by atoms with van der Waals surface area (Å²) in [7, 11) is 3.19. The first-order chi connectivity index (χ1) is 11.6. The molecule has 0 atom stereocenters. The number of carbonyl (C=O) groups excluding carboxylic acids is 1. The zero-order valence-electron chi connectivity index (χ0n) is 15.4. The maximum absolute atomic E-state index is 11.8. The van der Waals surface area contributed by atoms with Crippen molar-refractivity contribution in [3.8, 4) is 11.5 Å². The minimum absolute atomic E-state index is 0.0367. The second-order valence-electron chi connectivity index (χ2n) is 5.82. The number of hydrazone groups is 1. The van der Waals surface area contributed by atoms with Crippen molar-refractivity contribution in [2.24, 2.45) is 5.10 Å². The fourth-order valence-electron chi connectivity index (χ4n) is 2.39. The lowest BCUT2D eigenvalue weighted by Gasteiger charge is -2.09. The van der Waals surface area contributed by atoms with Crippen LogP contribution in [-0.4, -0.2) is 25.8 Å². The summed E-state index contributed by atoms with van der Waals surface area (Å²) in [4.78, 5) is 11.8. The summed E-state index contributed by atoms with van der Waals surface area (Å²) in [6, 6.07) is 5.56. The Morgan fingerprint density at radius 1 is 1.04 bits per heavy atom. The summed E-state index contributed by atoms with van der Waals surface area (Å²) in [5.41, 5.74) is 4.24. The molecule has 1 N–H and O–H groups in total. The number of rotatable bonds is 11. The first-order valence-corrected chi connectivity index (χ1v) is 8.67. The number of unbranched alkanes of at least 4 members (excludes halogenated alkanes) is 5. The number of ether oxygens (including phenoxy) is 2. The molecule has 0 radical (unpaired) electrons. The zero-order valence-corrected chi connectivity index (χ0v) is 15.4. The molecule has 1 aromatic rings. The van der Waals surface area contributed by atoms with Crippen molar-refractivity contribution in [3.63, 3.8) is 0 Å². The molecule has 0 aromatic heterocycles. The molecular weight excluding hydrogens is 304 g/mol. The third-order valence-corrected chi connectivity index (χ3v) is 3.91. The molecule has 1 rings (SSSR count). The molecule has 0 spiro atoms. The van der Waals surface area contributed by atoms with Crippen molar-refractivity contribution < 1.29 is 14.3 Å². The van der Waals surface area contributed by atoms with Gasteiger partial charge in [-0.25, -0.2) is 5.43 Å². The molecule has 134 valence electrons. The van der Waals surface area contributed by atoms with Gasteiger partial charge in [-0.3, -0.25) is 4.79 Å². The van der Waals surface area contributed by atoms with E-state index in [0.717, 1.165) is 24.1 Å². The molecule has 0 fully saturated rings. The Labute approximate surface area is 145 Å². The first kappa shape index (κ1) is 20.0. The van der Waals surface area contributed by atoms with Gasteiger partial charge in [0.1, 0.15) is 0 Å². The van der Waals surface area contributed by atoms with Crippen LogP contribution >= 0.6 is 0 Å². The third-order valence-electron chi connectivity index (χ3n) is 3.91. The van der Waals surface area contributed by atoms with E-state index in [2.05, 4.69) is 17.5 Å². The standard InChI is InChI=1S/C19H30N2O3/c1-5-6-7-8-9-10-11-19(22)21-20-15(2)16-12-13-17(23-3)18(14-16)24-4/h12-14H,5-11H2,1-4H3,(H,21,22)/b20-15+. The van der Waals surface area contributed by atoms with Crippen LogP contribution in [0.4, 0.5) is 0 Å². The molecule has 0 aliphatic heterocycles. The number of nitrogens with zero attached hydrogens (tertiary/aromatic N) is 1. The van der Waals surface area contributed by atoms with Crippen LogP contribution in [0.3, 0.4) is 0 Å². The smallest absolute Gasteiger partial charge is 0.240 e. The number of amides is 1. The Bertz CT molecular complexity index is 541. The Balaban J connectivity index is 2.44. The quantitative estimate of drug-likeness (QED) is 0.373. The zero-order chi connectivity index (χ0) is 17.8. The van der Waals surface area contributed by atoms with E-state index in [9.17, 15) is 4.79 Å². The highest BCUT2D eigenvalue weighted by Crippen LogP contribution is 2.27. The van der Waals surface area contributed by atoms with Crippen LogP contribution in [0, 0.1) is 0 Å². The minimum Gasteiger partial charge on any atom is -0.493 e. The van der Waals surface area contributed by atoms with Gasteiger partial charge in [-0.15, -0.1) is 0 Å². The summed E-state index contributed by atoms with van der Waals surface area (Å²) in [5.74, 6) is 1.27. The van der Waals surface area contributed by atoms with E-state index in [4.69, 9.17) is 9.47 Å². The predicted molar refractivity (Wildman–Crippen MR) is 97.9 cm³/mol. The van der Waals surface area contributed by atoms with Crippen molar-refractivity contribution in [3.05, 3.63) is 23.8 Å². The number of hydrogen-bond acceptors (Lipinski definition) is 4. The normalized spacial score (nSPS) is 11.2. The second kappa shape index (κ2) is 11.5. The van der Waals surface area contributed by atoms with Gasteiger partial charge in [0.25, 0.3) is 0 Å². The Morgan fingerprint density at radius 2 is 1.71 bits per heavy atom. The van der Waals surface area contributed by atoms with Crippen LogP contribution in [0.15, 0.2) is 23.3 Å². The number of benzene rings is 1. The number of carbonyl (C=O) groups is 1. The average Bonchev–Trinajstić information content (AvgIpc) is 2.61. The van der Waals surface area contributed by atoms with Crippen molar-refractivity contribution in [2.75, 3.05) is 14.2 Å². The molecule has 1 aromatic carbocycles. The fraction of sp³-hybridized carbons (Fsp3) is 0.579. The summed E-state index contributed by atoms with van der Waals surface area (Å²) in [6.45, 7) is 4.05. The van der Waals surface area contributed by atoms with Gasteiger partial charge >= 0.3 is 0 Å². The highest BCUT2D eigenvalue weighted by molar-refractivity contribution is 5.99. The van der Waals surface area contributed by atoms with Crippen LogP contribution < -0.4 is 14.9 Å². The fourth-order valence-corrected chi connectivity index (χ4v) is 2.39. The van der Waals surface area contributed by atoms with Crippen molar-refractivity contribution >= 4 is 11.6 Å². The lowest BCUT2D eigenvalue weighted by atomic mass is 10.1. The third kappa shape index (κ3) is 7.02. The SMILES string of the molecule is CCCCCCCCC(=O)N/N=C(\C)c1ccc(OC)c(OC)c1. The molecule has 24 heavy (non-hydrogen) atoms. The van der Waals surface area contributed by atoms with Gasteiger partial charge in [0.15, 0.2) is 11.5 Å². The van der Waals surface area contributed by atoms with Crippen LogP contribution in [0.5, 0.6) is 11.5 Å². The molecular formula is C19H30N2O3. The van der Waals surface area contributed by atoms with Gasteiger partial charge in [-0.05, 0) is 31.5 Å². The van der Waals surface area contributed by atoms with Crippen molar-refractivity contribution in [1.29, 1.82) is 0 Å². The summed E-state index contributed by atoms with van der Waals surface area (Å²) in [5, 5.41) is 4.17. The first-order valence-electron chi connectivity index (χ1n) is 8.67. The predicted octanol–water partition coefficient (Wildman–Crippen LogP) is 4.29. The molecule has 0 saturated carbocycles. The van der Waals surface area contributed by atoms with Crippen LogP contribution in [-0.2, 0) is 4.79 Å². The highest BCUT2D eigenvalue weighted by Gasteiger charge is 2.07. The molecule has 5 heteroatoms. The Kier molecular flexibility index (Phi) is 9.58. The molecule has 0 bridgehead atoms. The van der Waals surface area contributed by atoms with E-state index in [1.807, 2.05) is 25.1 Å². The van der Waals surface area contributed by atoms with Crippen LogP contribution in [0.2, 0.25) is 0 Å². The molecule has 0 unspecified atom stereocenters. The molecule has 0 aliphatic rings. The topological polar surface area (TPSA) is 59.9 Å². The number of nitrogens with one attached hydrogen (secondary N) is 1. The lowest BCUT2D eigenvalue weighted by molar-refractivity contribution is -0.121. The lowest BCUT2D eigenvalue weighted by Crippen LogP contribution is -2.18. The maximum atomic E-state index is 11.8. The van der Waals surface area contributed by atoms with E-state index < -0.39 is 0 Å². The molecule has 0 saturated heterocycles. The summed E-state index contributed by atoms with van der Waals surface area (Å²) < 4.78 is 10.5.